The standard InChI is InChI=1S/C70H136O17P2/c1-8-11-12-13-14-22-29-37-44-51-67(72)80-58-66(87-70(75)54-47-40-33-32-36-43-50-63(7)10-3)60-85-89(78,79)83-56-64(71)55-82-88(76,77)84-59-65(57-81-68(73)52-45-38-30-26-25-28-35-42-49-62(6)9-2)86-69(74)53-46-39-31-24-21-19-17-15-16-18-20-23-27-34-41-48-61(4)5/h61-66,71H,8-60H2,1-7H3,(H,76,77)(H,78,79)/t62?,63?,64-,65-,66-/m1/s1. The molecule has 3 N–H and O–H groups in total. The molecule has 0 aromatic carbocycles. The van der Waals surface area contributed by atoms with Crippen LogP contribution in [0.3, 0.4) is 0 Å². The van der Waals surface area contributed by atoms with Gasteiger partial charge in [0.1, 0.15) is 19.3 Å². The molecule has 0 bridgehead atoms. The molecule has 0 heterocycles. The molecule has 0 saturated carbocycles. The van der Waals surface area contributed by atoms with Gasteiger partial charge in [-0.1, -0.05) is 299 Å². The van der Waals surface area contributed by atoms with Crippen LogP contribution in [0.2, 0.25) is 0 Å². The lowest BCUT2D eigenvalue weighted by atomic mass is 9.99. The van der Waals surface area contributed by atoms with Crippen LogP contribution in [0.15, 0.2) is 0 Å². The van der Waals surface area contributed by atoms with E-state index in [9.17, 15) is 43.2 Å². The maximum Gasteiger partial charge on any atom is 0.472 e. The van der Waals surface area contributed by atoms with Gasteiger partial charge in [0.15, 0.2) is 12.2 Å². The van der Waals surface area contributed by atoms with Crippen LogP contribution in [-0.2, 0) is 65.4 Å². The molecule has 0 spiro atoms. The summed E-state index contributed by atoms with van der Waals surface area (Å²) in [5.74, 6) is 0.170. The first kappa shape index (κ1) is 87.1. The average molecular weight is 1310 g/mol. The fourth-order valence-corrected chi connectivity index (χ4v) is 12.1. The van der Waals surface area contributed by atoms with Crippen molar-refractivity contribution in [1.82, 2.24) is 0 Å². The molecule has 4 unspecified atom stereocenters. The summed E-state index contributed by atoms with van der Waals surface area (Å²) >= 11 is 0. The summed E-state index contributed by atoms with van der Waals surface area (Å²) in [4.78, 5) is 72.5. The lowest BCUT2D eigenvalue weighted by Gasteiger charge is -2.21. The lowest BCUT2D eigenvalue weighted by Crippen LogP contribution is -2.30. The van der Waals surface area contributed by atoms with Crippen molar-refractivity contribution in [1.29, 1.82) is 0 Å². The first-order valence-corrected chi connectivity index (χ1v) is 39.4. The van der Waals surface area contributed by atoms with Crippen LogP contribution in [0.1, 0.15) is 350 Å². The zero-order chi connectivity index (χ0) is 65.9. The Morgan fingerprint density at radius 2 is 0.573 bits per heavy atom. The van der Waals surface area contributed by atoms with E-state index in [1.54, 1.807) is 0 Å². The number of carbonyl (C=O) groups is 4. The van der Waals surface area contributed by atoms with Crippen LogP contribution in [0.25, 0.3) is 0 Å². The summed E-state index contributed by atoms with van der Waals surface area (Å²) < 4.78 is 68.2. The second-order valence-electron chi connectivity index (χ2n) is 26.2. The van der Waals surface area contributed by atoms with Gasteiger partial charge in [-0.15, -0.1) is 0 Å². The fourth-order valence-electron chi connectivity index (χ4n) is 10.5. The highest BCUT2D eigenvalue weighted by atomic mass is 31.2. The minimum absolute atomic E-state index is 0.103. The monoisotopic (exact) mass is 1310 g/mol. The number of phosphoric acid groups is 2. The van der Waals surface area contributed by atoms with Crippen LogP contribution in [0, 0.1) is 17.8 Å². The zero-order valence-corrected chi connectivity index (χ0v) is 59.7. The van der Waals surface area contributed by atoms with E-state index in [1.807, 2.05) is 0 Å². The number of hydrogen-bond acceptors (Lipinski definition) is 15. The maximum absolute atomic E-state index is 13.0. The largest absolute Gasteiger partial charge is 0.472 e. The Labute approximate surface area is 543 Å². The highest BCUT2D eigenvalue weighted by Gasteiger charge is 2.30. The molecular weight excluding hydrogens is 1170 g/mol. The van der Waals surface area contributed by atoms with Crippen molar-refractivity contribution in [3.8, 4) is 0 Å². The molecule has 19 heteroatoms. The van der Waals surface area contributed by atoms with E-state index in [2.05, 4.69) is 48.5 Å². The summed E-state index contributed by atoms with van der Waals surface area (Å²) in [6.07, 6.45) is 44.4. The zero-order valence-electron chi connectivity index (χ0n) is 57.9. The van der Waals surface area contributed by atoms with Crippen molar-refractivity contribution in [2.75, 3.05) is 39.6 Å². The minimum atomic E-state index is -4.95. The summed E-state index contributed by atoms with van der Waals surface area (Å²) in [5.41, 5.74) is 0. The van der Waals surface area contributed by atoms with Crippen molar-refractivity contribution < 1.29 is 80.2 Å². The van der Waals surface area contributed by atoms with Gasteiger partial charge < -0.3 is 33.8 Å². The highest BCUT2D eigenvalue weighted by molar-refractivity contribution is 7.47. The van der Waals surface area contributed by atoms with E-state index in [1.165, 1.54) is 161 Å². The fraction of sp³-hybridized carbons (Fsp3) is 0.943. The van der Waals surface area contributed by atoms with Crippen LogP contribution < -0.4 is 0 Å². The Kier molecular flexibility index (Phi) is 59.6. The molecule has 0 aliphatic heterocycles. The number of esters is 4. The predicted octanol–water partition coefficient (Wildman–Crippen LogP) is 19.8. The molecule has 0 aromatic rings. The number of phosphoric ester groups is 2. The first-order valence-electron chi connectivity index (χ1n) is 36.4. The molecule has 0 amide bonds. The number of ether oxygens (including phenoxy) is 4. The topological polar surface area (TPSA) is 237 Å². The number of aliphatic hydroxyl groups excluding tert-OH is 1. The Balaban J connectivity index is 5.22. The summed E-state index contributed by atoms with van der Waals surface area (Å²) in [6, 6.07) is 0. The SMILES string of the molecule is CCCCCCCCCCCC(=O)OC[C@H](COP(=O)(O)OC[C@H](O)COP(=O)(O)OC[C@@H](COC(=O)CCCCCCCCCCC(C)CC)OC(=O)CCCCCCCCCCCCCCCCCC(C)C)OC(=O)CCCCCCCCC(C)CC. The third-order valence-corrected chi connectivity index (χ3v) is 18.8. The Hall–Kier alpha value is -1.94. The van der Waals surface area contributed by atoms with Gasteiger partial charge >= 0.3 is 39.5 Å². The van der Waals surface area contributed by atoms with Gasteiger partial charge in [0.2, 0.25) is 0 Å². The van der Waals surface area contributed by atoms with Gasteiger partial charge in [0.25, 0.3) is 0 Å². The Morgan fingerprint density at radius 3 is 0.854 bits per heavy atom. The van der Waals surface area contributed by atoms with E-state index in [-0.39, 0.29) is 25.7 Å². The molecule has 0 fully saturated rings. The van der Waals surface area contributed by atoms with Crippen LogP contribution in [0.5, 0.6) is 0 Å². The van der Waals surface area contributed by atoms with Gasteiger partial charge in [-0.05, 0) is 43.4 Å². The van der Waals surface area contributed by atoms with E-state index in [4.69, 9.17) is 37.0 Å². The van der Waals surface area contributed by atoms with Gasteiger partial charge in [-0.2, -0.15) is 0 Å². The number of aliphatic hydroxyl groups is 1. The van der Waals surface area contributed by atoms with Crippen LogP contribution >= 0.6 is 15.6 Å². The van der Waals surface area contributed by atoms with Gasteiger partial charge in [0.05, 0.1) is 26.4 Å². The second-order valence-corrected chi connectivity index (χ2v) is 29.1. The normalized spacial score (nSPS) is 14.8. The van der Waals surface area contributed by atoms with E-state index >= 15 is 0 Å². The molecule has 0 aliphatic carbocycles. The molecule has 7 atom stereocenters. The van der Waals surface area contributed by atoms with E-state index in [0.717, 1.165) is 108 Å². The summed E-state index contributed by atoms with van der Waals surface area (Å²) in [5, 5.41) is 10.6. The molecule has 528 valence electrons. The molecule has 0 radical (unpaired) electrons. The predicted molar refractivity (Wildman–Crippen MR) is 358 cm³/mol. The van der Waals surface area contributed by atoms with Crippen molar-refractivity contribution >= 4 is 39.5 Å². The van der Waals surface area contributed by atoms with Crippen molar-refractivity contribution in [2.45, 2.75) is 369 Å². The molecular formula is C70H136O17P2. The molecule has 0 aromatic heterocycles. The molecule has 0 aliphatic rings. The minimum Gasteiger partial charge on any atom is -0.462 e. The number of hydrogen-bond donors (Lipinski definition) is 3. The molecule has 89 heavy (non-hydrogen) atoms. The van der Waals surface area contributed by atoms with Crippen LogP contribution in [-0.4, -0.2) is 96.7 Å². The smallest absolute Gasteiger partial charge is 0.462 e. The van der Waals surface area contributed by atoms with Gasteiger partial charge in [0, 0.05) is 25.7 Å². The lowest BCUT2D eigenvalue weighted by molar-refractivity contribution is -0.161. The number of unbranched alkanes of at least 4 members (excludes halogenated alkanes) is 34. The molecule has 0 saturated heterocycles. The third kappa shape index (κ3) is 62.0. The molecule has 0 rings (SSSR count). The van der Waals surface area contributed by atoms with Crippen molar-refractivity contribution in [3.05, 3.63) is 0 Å². The van der Waals surface area contributed by atoms with E-state index < -0.39 is 97.5 Å². The maximum atomic E-state index is 13.0. The van der Waals surface area contributed by atoms with Crippen molar-refractivity contribution in [2.24, 2.45) is 17.8 Å². The Morgan fingerprint density at radius 1 is 0.326 bits per heavy atom. The van der Waals surface area contributed by atoms with Crippen LogP contribution in [0.4, 0.5) is 0 Å². The van der Waals surface area contributed by atoms with Gasteiger partial charge in [-0.3, -0.25) is 37.3 Å². The summed E-state index contributed by atoms with van der Waals surface area (Å²) in [7, 11) is -9.90. The first-order chi connectivity index (χ1) is 42.8. The second kappa shape index (κ2) is 61.0. The quantitative estimate of drug-likeness (QED) is 0.0222. The number of rotatable bonds is 68. The summed E-state index contributed by atoms with van der Waals surface area (Å²) in [6.45, 7) is 11.8. The Bertz CT molecular complexity index is 1750. The molecule has 17 nitrogen and oxygen atoms in total. The van der Waals surface area contributed by atoms with Gasteiger partial charge in [-0.25, -0.2) is 9.13 Å². The third-order valence-electron chi connectivity index (χ3n) is 16.9. The average Bonchev–Trinajstić information content (AvgIpc) is 3.70. The highest BCUT2D eigenvalue weighted by Crippen LogP contribution is 2.45. The number of carbonyl (C=O) groups excluding carboxylic acids is 4. The van der Waals surface area contributed by atoms with Crippen molar-refractivity contribution in [3.63, 3.8) is 0 Å². The van der Waals surface area contributed by atoms with E-state index in [0.29, 0.717) is 25.7 Å².